The molecule has 0 radical (unpaired) electrons. The molecule has 0 bridgehead atoms. The minimum Gasteiger partial charge on any atom is -0.354 e. The van der Waals surface area contributed by atoms with E-state index in [1.54, 1.807) is 6.20 Å². The lowest BCUT2D eigenvalue weighted by molar-refractivity contribution is 0.0944. The molecule has 4 rings (SSSR count). The van der Waals surface area contributed by atoms with Gasteiger partial charge in [-0.2, -0.15) is 0 Å². The van der Waals surface area contributed by atoms with Crippen LogP contribution < -0.4 is 16.0 Å². The van der Waals surface area contributed by atoms with Gasteiger partial charge in [-0.15, -0.1) is 0 Å². The molecule has 0 saturated carbocycles. The first-order valence-electron chi connectivity index (χ1n) is 8.82. The van der Waals surface area contributed by atoms with Gasteiger partial charge in [-0.25, -0.2) is 9.97 Å². The smallest absolute Gasteiger partial charge is 0.251 e. The number of fused-ring (bicyclic) bond motifs is 1. The third-order valence-electron chi connectivity index (χ3n) is 5.08. The van der Waals surface area contributed by atoms with E-state index in [9.17, 15) is 4.79 Å². The van der Waals surface area contributed by atoms with Gasteiger partial charge in [0, 0.05) is 31.4 Å². The van der Waals surface area contributed by atoms with E-state index in [0.717, 1.165) is 29.7 Å². The molecule has 0 spiro atoms. The predicted molar refractivity (Wildman–Crippen MR) is 106 cm³/mol. The number of amides is 1. The second-order valence-electron chi connectivity index (χ2n) is 7.09. The molecule has 1 aromatic carbocycles. The summed E-state index contributed by atoms with van der Waals surface area (Å²) in [6.07, 6.45) is 3.97. The number of H-pyrrole nitrogens is 1. The standard InChI is InChI=1S/C19H21ClN6O/c1-12-4-2-3-5-13(12)18(27)23-9-19(21)6-7-26(10-19)17-15-14(20)8-22-16(15)24-11-25-17/h2-5,8,11H,6-7,9-10,21H2,1H3,(H,23,27)(H,22,24,25)/t19-/m0/s1. The summed E-state index contributed by atoms with van der Waals surface area (Å²) in [7, 11) is 0. The van der Waals surface area contributed by atoms with Crippen LogP contribution in [-0.4, -0.2) is 46.0 Å². The van der Waals surface area contributed by atoms with Crippen molar-refractivity contribution in [1.82, 2.24) is 20.3 Å². The fraction of sp³-hybridized carbons (Fsp3) is 0.316. The summed E-state index contributed by atoms with van der Waals surface area (Å²) in [5.74, 6) is 0.665. The Morgan fingerprint density at radius 3 is 3.04 bits per heavy atom. The average Bonchev–Trinajstić information content (AvgIpc) is 3.24. The van der Waals surface area contributed by atoms with E-state index >= 15 is 0 Å². The van der Waals surface area contributed by atoms with Gasteiger partial charge in [0.25, 0.3) is 5.91 Å². The van der Waals surface area contributed by atoms with E-state index in [-0.39, 0.29) is 5.91 Å². The molecule has 1 aliphatic rings. The second-order valence-corrected chi connectivity index (χ2v) is 7.50. The molecule has 8 heteroatoms. The highest BCUT2D eigenvalue weighted by atomic mass is 35.5. The second kappa shape index (κ2) is 6.83. The first-order valence-corrected chi connectivity index (χ1v) is 9.20. The van der Waals surface area contributed by atoms with Crippen molar-refractivity contribution in [2.45, 2.75) is 18.9 Å². The van der Waals surface area contributed by atoms with Crippen LogP contribution >= 0.6 is 11.6 Å². The summed E-state index contributed by atoms with van der Waals surface area (Å²) >= 11 is 6.29. The van der Waals surface area contributed by atoms with Gasteiger partial charge in [0.15, 0.2) is 0 Å². The van der Waals surface area contributed by atoms with Crippen molar-refractivity contribution in [3.8, 4) is 0 Å². The van der Waals surface area contributed by atoms with E-state index < -0.39 is 5.54 Å². The maximum Gasteiger partial charge on any atom is 0.251 e. The molecule has 1 fully saturated rings. The Bertz CT molecular complexity index is 1000. The number of carbonyl (C=O) groups is 1. The molecule has 7 nitrogen and oxygen atoms in total. The summed E-state index contributed by atoms with van der Waals surface area (Å²) in [6.45, 7) is 3.64. The monoisotopic (exact) mass is 384 g/mol. The van der Waals surface area contributed by atoms with Crippen molar-refractivity contribution in [3.63, 3.8) is 0 Å². The van der Waals surface area contributed by atoms with Crippen molar-refractivity contribution >= 4 is 34.4 Å². The molecular weight excluding hydrogens is 364 g/mol. The molecule has 3 heterocycles. The lowest BCUT2D eigenvalue weighted by Crippen LogP contribution is -2.52. The quantitative estimate of drug-likeness (QED) is 0.640. The Kier molecular flexibility index (Phi) is 4.49. The molecule has 1 atom stereocenters. The number of hydrogen-bond acceptors (Lipinski definition) is 5. The number of nitrogens with two attached hydrogens (primary N) is 1. The number of carbonyl (C=O) groups excluding carboxylic acids is 1. The molecule has 3 aromatic rings. The van der Waals surface area contributed by atoms with Crippen LogP contribution in [0.5, 0.6) is 0 Å². The van der Waals surface area contributed by atoms with E-state index in [0.29, 0.717) is 29.3 Å². The van der Waals surface area contributed by atoms with Crippen LogP contribution in [0.4, 0.5) is 5.82 Å². The van der Waals surface area contributed by atoms with Gasteiger partial charge in [0.2, 0.25) is 0 Å². The lowest BCUT2D eigenvalue weighted by Gasteiger charge is -2.25. The normalized spacial score (nSPS) is 19.6. The molecule has 0 aliphatic carbocycles. The summed E-state index contributed by atoms with van der Waals surface area (Å²) in [5, 5.41) is 4.37. The highest BCUT2D eigenvalue weighted by molar-refractivity contribution is 6.36. The number of nitrogens with zero attached hydrogens (tertiary/aromatic N) is 3. The van der Waals surface area contributed by atoms with Crippen molar-refractivity contribution in [2.24, 2.45) is 5.73 Å². The largest absolute Gasteiger partial charge is 0.354 e. The van der Waals surface area contributed by atoms with Crippen molar-refractivity contribution < 1.29 is 4.79 Å². The van der Waals surface area contributed by atoms with Gasteiger partial charge in [0.05, 0.1) is 15.9 Å². The predicted octanol–water partition coefficient (Wildman–Crippen LogP) is 2.26. The first kappa shape index (κ1) is 17.8. The maximum absolute atomic E-state index is 12.5. The first-order chi connectivity index (χ1) is 13.0. The number of aromatic amines is 1. The van der Waals surface area contributed by atoms with Gasteiger partial charge in [0.1, 0.15) is 17.8 Å². The number of aromatic nitrogens is 3. The number of anilines is 1. The van der Waals surface area contributed by atoms with Gasteiger partial charge in [-0.05, 0) is 25.0 Å². The minimum absolute atomic E-state index is 0.102. The van der Waals surface area contributed by atoms with Gasteiger partial charge >= 0.3 is 0 Å². The van der Waals surface area contributed by atoms with Crippen LogP contribution in [0.1, 0.15) is 22.3 Å². The van der Waals surface area contributed by atoms with E-state index in [1.165, 1.54) is 6.33 Å². The number of aryl methyl sites for hydroxylation is 1. The molecule has 0 unspecified atom stereocenters. The average molecular weight is 385 g/mol. The molecule has 140 valence electrons. The van der Waals surface area contributed by atoms with Gasteiger partial charge in [-0.3, -0.25) is 4.79 Å². The van der Waals surface area contributed by atoms with Crippen LogP contribution in [0.3, 0.4) is 0 Å². The van der Waals surface area contributed by atoms with Gasteiger partial charge < -0.3 is 20.9 Å². The summed E-state index contributed by atoms with van der Waals surface area (Å²) in [6, 6.07) is 7.52. The SMILES string of the molecule is Cc1ccccc1C(=O)NC[C@@]1(N)CCN(c2ncnc3[nH]cc(Cl)c23)C1. The van der Waals surface area contributed by atoms with Crippen LogP contribution in [0, 0.1) is 6.92 Å². The molecular formula is C19H21ClN6O. The van der Waals surface area contributed by atoms with Crippen LogP contribution in [0.2, 0.25) is 5.02 Å². The molecule has 4 N–H and O–H groups in total. The zero-order valence-electron chi connectivity index (χ0n) is 15.0. The molecule has 27 heavy (non-hydrogen) atoms. The van der Waals surface area contributed by atoms with Crippen molar-refractivity contribution in [3.05, 3.63) is 52.9 Å². The zero-order chi connectivity index (χ0) is 19.0. The fourth-order valence-corrected chi connectivity index (χ4v) is 3.78. The van der Waals surface area contributed by atoms with Crippen molar-refractivity contribution in [2.75, 3.05) is 24.5 Å². The minimum atomic E-state index is -0.529. The Labute approximate surface area is 161 Å². The third kappa shape index (κ3) is 3.36. The topological polar surface area (TPSA) is 99.9 Å². The Morgan fingerprint density at radius 1 is 1.41 bits per heavy atom. The van der Waals surface area contributed by atoms with Crippen LogP contribution in [0.25, 0.3) is 11.0 Å². The summed E-state index contributed by atoms with van der Waals surface area (Å²) in [4.78, 5) is 26.2. The maximum atomic E-state index is 12.5. The highest BCUT2D eigenvalue weighted by Crippen LogP contribution is 2.33. The Hall–Kier alpha value is -2.64. The van der Waals surface area contributed by atoms with E-state index in [4.69, 9.17) is 17.3 Å². The van der Waals surface area contributed by atoms with E-state index in [1.807, 2.05) is 31.2 Å². The van der Waals surface area contributed by atoms with Gasteiger partial charge in [-0.1, -0.05) is 29.8 Å². The van der Waals surface area contributed by atoms with Crippen LogP contribution in [-0.2, 0) is 0 Å². The molecule has 1 saturated heterocycles. The zero-order valence-corrected chi connectivity index (χ0v) is 15.8. The number of rotatable bonds is 4. The Balaban J connectivity index is 1.47. The molecule has 2 aromatic heterocycles. The molecule has 1 aliphatic heterocycles. The number of benzene rings is 1. The van der Waals surface area contributed by atoms with E-state index in [2.05, 4.69) is 25.2 Å². The summed E-state index contributed by atoms with van der Waals surface area (Å²) < 4.78 is 0. The lowest BCUT2D eigenvalue weighted by atomic mass is 10.00. The van der Waals surface area contributed by atoms with Crippen molar-refractivity contribution in [1.29, 1.82) is 0 Å². The number of hydrogen-bond donors (Lipinski definition) is 3. The number of nitrogens with one attached hydrogen (secondary N) is 2. The Morgan fingerprint density at radius 2 is 2.22 bits per heavy atom. The third-order valence-corrected chi connectivity index (χ3v) is 5.38. The number of halogens is 1. The molecule has 1 amide bonds. The van der Waals surface area contributed by atoms with Crippen LogP contribution in [0.15, 0.2) is 36.8 Å². The highest BCUT2D eigenvalue weighted by Gasteiger charge is 2.36. The fourth-order valence-electron chi connectivity index (χ4n) is 3.55. The summed E-state index contributed by atoms with van der Waals surface area (Å²) in [5.41, 5.74) is 8.36.